The van der Waals surface area contributed by atoms with E-state index >= 15 is 0 Å². The van der Waals surface area contributed by atoms with Crippen molar-refractivity contribution in [3.05, 3.63) is 5.21 Å². The third-order valence-corrected chi connectivity index (χ3v) is 6.94. The molecule has 3 fully saturated rings. The largest absolute Gasteiger partial charge is 0.762 e. The molecule has 2 aliphatic carbocycles. The van der Waals surface area contributed by atoms with E-state index in [1.54, 1.807) is 11.8 Å². The van der Waals surface area contributed by atoms with Crippen molar-refractivity contribution in [2.24, 2.45) is 11.7 Å². The van der Waals surface area contributed by atoms with Crippen LogP contribution in [-0.4, -0.2) is 50.5 Å². The zero-order valence-electron chi connectivity index (χ0n) is 12.9. The van der Waals surface area contributed by atoms with E-state index in [1.165, 1.54) is 19.3 Å². The lowest BCUT2D eigenvalue weighted by atomic mass is 9.83. The van der Waals surface area contributed by atoms with Gasteiger partial charge in [0.2, 0.25) is 0 Å². The summed E-state index contributed by atoms with van der Waals surface area (Å²) in [5.41, 5.74) is 6.15. The minimum Gasteiger partial charge on any atom is -0.762 e. The summed E-state index contributed by atoms with van der Waals surface area (Å²) in [5, 5.41) is 20.8. The van der Waals surface area contributed by atoms with Crippen LogP contribution in [0.4, 0.5) is 0 Å². The Bertz CT molecular complexity index is 409. The van der Waals surface area contributed by atoms with Crippen LogP contribution in [-0.2, 0) is 4.79 Å². The first-order valence-corrected chi connectivity index (χ1v) is 9.35. The molecular formula is C15H26N3O3S-. The fourth-order valence-corrected chi connectivity index (χ4v) is 5.76. The zero-order valence-corrected chi connectivity index (χ0v) is 13.7. The number of hydrogen-bond donors (Lipinski definition) is 2. The fraction of sp³-hybridized carbons (Fsp3) is 0.933. The lowest BCUT2D eigenvalue weighted by Gasteiger charge is -2.37. The minimum absolute atomic E-state index is 0.0358. The molecule has 7 heteroatoms. The molecule has 0 spiro atoms. The monoisotopic (exact) mass is 328 g/mol. The summed E-state index contributed by atoms with van der Waals surface area (Å²) in [4.78, 5) is 14.8. The Morgan fingerprint density at radius 2 is 2.05 bits per heavy atom. The Hall–Kier alpha value is -0.180. The lowest BCUT2D eigenvalue weighted by molar-refractivity contribution is -0.130. The summed E-state index contributed by atoms with van der Waals surface area (Å²) >= 11 is 1.80. The van der Waals surface area contributed by atoms with E-state index in [1.807, 2.05) is 0 Å². The maximum Gasteiger partial charge on any atom is 0.150 e. The van der Waals surface area contributed by atoms with Crippen LogP contribution in [0.1, 0.15) is 51.4 Å². The third kappa shape index (κ3) is 3.49. The number of rotatable bonds is 4. The standard InChI is InChI=1S/C15H26N3O3S/c16-15-17(12-6-1-2-7-14(12)22-15)9-13(19)10-4-3-5-11(8-10)18(20)21/h10-12,14-15,20H,1-9,16H2/q-1. The number of hydrogen-bond acceptors (Lipinski definition) is 7. The van der Waals surface area contributed by atoms with Gasteiger partial charge < -0.3 is 16.1 Å². The van der Waals surface area contributed by atoms with Gasteiger partial charge in [-0.15, -0.1) is 11.8 Å². The molecule has 0 aromatic heterocycles. The van der Waals surface area contributed by atoms with Crippen LogP contribution in [0.25, 0.3) is 0 Å². The molecule has 3 rings (SSSR count). The minimum atomic E-state index is -0.424. The van der Waals surface area contributed by atoms with Crippen LogP contribution >= 0.6 is 11.8 Å². The van der Waals surface area contributed by atoms with Crippen LogP contribution in [0.3, 0.4) is 0 Å². The predicted octanol–water partition coefficient (Wildman–Crippen LogP) is 1.91. The summed E-state index contributed by atoms with van der Waals surface area (Å²) in [6.45, 7) is 0.400. The zero-order chi connectivity index (χ0) is 15.7. The van der Waals surface area contributed by atoms with Gasteiger partial charge in [0.25, 0.3) is 0 Å². The van der Waals surface area contributed by atoms with Gasteiger partial charge in [-0.3, -0.25) is 14.9 Å². The van der Waals surface area contributed by atoms with Crippen molar-refractivity contribution in [2.45, 2.75) is 74.2 Å². The van der Waals surface area contributed by atoms with Crippen LogP contribution < -0.4 is 5.73 Å². The second-order valence-corrected chi connectivity index (χ2v) is 8.24. The van der Waals surface area contributed by atoms with Crippen LogP contribution in [0, 0.1) is 11.1 Å². The molecule has 2 saturated carbocycles. The molecule has 126 valence electrons. The average Bonchev–Trinajstić information content (AvgIpc) is 2.83. The molecule has 0 bridgehead atoms. The first-order chi connectivity index (χ1) is 10.6. The van der Waals surface area contributed by atoms with Crippen molar-refractivity contribution in [3.8, 4) is 0 Å². The van der Waals surface area contributed by atoms with Crippen molar-refractivity contribution in [3.63, 3.8) is 0 Å². The Balaban J connectivity index is 1.59. The van der Waals surface area contributed by atoms with Crippen LogP contribution in [0.15, 0.2) is 0 Å². The van der Waals surface area contributed by atoms with Crippen LogP contribution in [0.2, 0.25) is 0 Å². The molecule has 5 atom stereocenters. The Kier molecular flexibility index (Phi) is 5.42. The lowest BCUT2D eigenvalue weighted by Crippen LogP contribution is -2.47. The number of hydroxylamine groups is 2. The summed E-state index contributed by atoms with van der Waals surface area (Å²) in [6, 6.07) is 0.0118. The molecule has 0 aromatic rings. The van der Waals surface area contributed by atoms with Gasteiger partial charge in [0.1, 0.15) is 11.3 Å². The van der Waals surface area contributed by atoms with Crippen molar-refractivity contribution in [1.29, 1.82) is 0 Å². The number of thioether (sulfide) groups is 1. The molecule has 5 unspecified atom stereocenters. The van der Waals surface area contributed by atoms with Gasteiger partial charge >= 0.3 is 0 Å². The SMILES string of the molecule is NC1SC2CCCCC2N1CC(=O)C1CCCC(N([O-])O)C1. The summed E-state index contributed by atoms with van der Waals surface area (Å²) in [7, 11) is 0. The van der Waals surface area contributed by atoms with E-state index in [0.717, 1.165) is 19.3 Å². The molecule has 22 heavy (non-hydrogen) atoms. The van der Waals surface area contributed by atoms with Crippen molar-refractivity contribution < 1.29 is 10.0 Å². The van der Waals surface area contributed by atoms with Gasteiger partial charge in [-0.1, -0.05) is 19.3 Å². The van der Waals surface area contributed by atoms with E-state index in [0.29, 0.717) is 30.7 Å². The number of nitrogens with zero attached hydrogens (tertiary/aromatic N) is 2. The molecule has 1 aliphatic heterocycles. The van der Waals surface area contributed by atoms with Gasteiger partial charge in [0.15, 0.2) is 0 Å². The molecule has 1 saturated heterocycles. The summed E-state index contributed by atoms with van der Waals surface area (Å²) in [5.74, 6) is 0.0796. The molecule has 0 aromatic carbocycles. The van der Waals surface area contributed by atoms with Gasteiger partial charge in [-0.2, -0.15) is 0 Å². The number of carbonyl (C=O) groups is 1. The number of Topliss-reactive ketones (excluding diaryl/α,β-unsaturated/α-hetero) is 1. The fourth-order valence-electron chi connectivity index (χ4n) is 4.23. The highest BCUT2D eigenvalue weighted by atomic mass is 32.2. The van der Waals surface area contributed by atoms with Crippen molar-refractivity contribution >= 4 is 17.5 Å². The van der Waals surface area contributed by atoms with Gasteiger partial charge in [-0.05, 0) is 32.1 Å². The third-order valence-electron chi connectivity index (χ3n) is 5.49. The van der Waals surface area contributed by atoms with Gasteiger partial charge in [-0.25, -0.2) is 0 Å². The highest BCUT2D eigenvalue weighted by Crippen LogP contribution is 2.41. The topological polar surface area (TPSA) is 92.9 Å². The normalized spacial score (nSPS) is 39.9. The van der Waals surface area contributed by atoms with E-state index < -0.39 is 6.04 Å². The molecule has 6 nitrogen and oxygen atoms in total. The average molecular weight is 328 g/mol. The van der Waals surface area contributed by atoms with Crippen LogP contribution in [0.5, 0.6) is 0 Å². The first kappa shape index (κ1) is 16.7. The summed E-state index contributed by atoms with van der Waals surface area (Å²) in [6.07, 6.45) is 7.63. The van der Waals surface area contributed by atoms with E-state index in [-0.39, 0.29) is 22.4 Å². The molecule has 0 radical (unpaired) electrons. The maximum absolute atomic E-state index is 12.6. The van der Waals surface area contributed by atoms with Gasteiger partial charge in [0, 0.05) is 23.3 Å². The highest BCUT2D eigenvalue weighted by molar-refractivity contribution is 8.00. The van der Waals surface area contributed by atoms with Crippen molar-refractivity contribution in [2.75, 3.05) is 6.54 Å². The Morgan fingerprint density at radius 3 is 2.82 bits per heavy atom. The number of carbonyl (C=O) groups excluding carboxylic acids is 1. The Morgan fingerprint density at radius 1 is 1.27 bits per heavy atom. The second-order valence-electron chi connectivity index (χ2n) is 6.88. The number of ketones is 1. The maximum atomic E-state index is 12.6. The van der Waals surface area contributed by atoms with E-state index in [2.05, 4.69) is 4.90 Å². The quantitative estimate of drug-likeness (QED) is 0.761. The molecular weight excluding hydrogens is 302 g/mol. The molecule has 3 aliphatic rings. The summed E-state index contributed by atoms with van der Waals surface area (Å²) < 4.78 is 0. The van der Waals surface area contributed by atoms with E-state index in [9.17, 15) is 10.0 Å². The Labute approximate surface area is 135 Å². The molecule has 0 amide bonds. The van der Waals surface area contributed by atoms with Gasteiger partial charge in [0.05, 0.1) is 6.54 Å². The number of nitrogens with two attached hydrogens (primary N) is 1. The smallest absolute Gasteiger partial charge is 0.150 e. The molecule has 1 heterocycles. The number of fused-ring (bicyclic) bond motifs is 1. The first-order valence-electron chi connectivity index (χ1n) is 8.41. The van der Waals surface area contributed by atoms with E-state index in [4.69, 9.17) is 10.9 Å². The second kappa shape index (κ2) is 7.15. The highest BCUT2D eigenvalue weighted by Gasteiger charge is 2.42. The predicted molar refractivity (Wildman–Crippen MR) is 86.1 cm³/mol. The molecule has 3 N–H and O–H groups in total. The van der Waals surface area contributed by atoms with Crippen molar-refractivity contribution in [1.82, 2.24) is 10.1 Å².